The predicted octanol–water partition coefficient (Wildman–Crippen LogP) is 4.95. The summed E-state index contributed by atoms with van der Waals surface area (Å²) in [7, 11) is 0. The molecule has 2 heterocycles. The van der Waals surface area contributed by atoms with Crippen LogP contribution in [0.5, 0.6) is 5.75 Å². The number of pyridine rings is 1. The molecule has 0 saturated heterocycles. The Kier molecular flexibility index (Phi) is 7.12. The van der Waals surface area contributed by atoms with Gasteiger partial charge in [0.2, 0.25) is 0 Å². The number of aromatic nitrogens is 2. The number of nitrogens with one attached hydrogen (secondary N) is 1. The standard InChI is InChI=1S/C22H31N3O4/c1-14(2)13-27-22(26)23-12-18-15(3)25-29-21(18)19-10-11-20(16(4)24-19)28-17-8-6-5-7-9-17/h10-11,14,17H,5-9,12-13H2,1-4H3,(H,23,26). The second-order valence-electron chi connectivity index (χ2n) is 8.08. The molecule has 1 amide bonds. The van der Waals surface area contributed by atoms with Crippen molar-refractivity contribution in [3.8, 4) is 17.2 Å². The van der Waals surface area contributed by atoms with Crippen LogP contribution in [0, 0.1) is 19.8 Å². The third kappa shape index (κ3) is 5.71. The number of hydrogen-bond acceptors (Lipinski definition) is 6. The first-order valence-corrected chi connectivity index (χ1v) is 10.4. The molecule has 2 aromatic rings. The smallest absolute Gasteiger partial charge is 0.407 e. The predicted molar refractivity (Wildman–Crippen MR) is 110 cm³/mol. The van der Waals surface area contributed by atoms with Crippen molar-refractivity contribution < 1.29 is 18.8 Å². The summed E-state index contributed by atoms with van der Waals surface area (Å²) >= 11 is 0. The lowest BCUT2D eigenvalue weighted by molar-refractivity contribution is 0.132. The molecular formula is C22H31N3O4. The summed E-state index contributed by atoms with van der Waals surface area (Å²) in [6.45, 7) is 8.41. The van der Waals surface area contributed by atoms with E-state index in [1.54, 1.807) is 0 Å². The lowest BCUT2D eigenvalue weighted by Crippen LogP contribution is -2.25. The van der Waals surface area contributed by atoms with Gasteiger partial charge in [0.15, 0.2) is 5.76 Å². The lowest BCUT2D eigenvalue weighted by Gasteiger charge is -2.23. The monoisotopic (exact) mass is 401 g/mol. The van der Waals surface area contributed by atoms with Gasteiger partial charge in [0.25, 0.3) is 0 Å². The lowest BCUT2D eigenvalue weighted by atomic mass is 9.98. The van der Waals surface area contributed by atoms with Gasteiger partial charge in [-0.1, -0.05) is 25.4 Å². The highest BCUT2D eigenvalue weighted by atomic mass is 16.5. The van der Waals surface area contributed by atoms with Crippen LogP contribution in [0.25, 0.3) is 11.5 Å². The normalized spacial score (nSPS) is 14.8. The van der Waals surface area contributed by atoms with Crippen LogP contribution >= 0.6 is 0 Å². The first-order valence-electron chi connectivity index (χ1n) is 10.4. The Balaban J connectivity index is 1.68. The van der Waals surface area contributed by atoms with Gasteiger partial charge in [0, 0.05) is 5.56 Å². The Bertz CT molecular complexity index is 825. The Morgan fingerprint density at radius 1 is 1.21 bits per heavy atom. The van der Waals surface area contributed by atoms with Gasteiger partial charge >= 0.3 is 6.09 Å². The third-order valence-corrected chi connectivity index (χ3v) is 5.06. The van der Waals surface area contributed by atoms with E-state index in [9.17, 15) is 4.79 Å². The van der Waals surface area contributed by atoms with Crippen LogP contribution in [0.3, 0.4) is 0 Å². The Morgan fingerprint density at radius 2 is 1.97 bits per heavy atom. The first-order chi connectivity index (χ1) is 13.9. The topological polar surface area (TPSA) is 86.5 Å². The summed E-state index contributed by atoms with van der Waals surface area (Å²) in [6, 6.07) is 3.82. The average molecular weight is 402 g/mol. The second kappa shape index (κ2) is 9.76. The Labute approximate surface area is 172 Å². The fourth-order valence-corrected chi connectivity index (χ4v) is 3.41. The van der Waals surface area contributed by atoms with Crippen LogP contribution in [0.1, 0.15) is 62.9 Å². The summed E-state index contributed by atoms with van der Waals surface area (Å²) < 4.78 is 16.8. The fourth-order valence-electron chi connectivity index (χ4n) is 3.41. The van der Waals surface area contributed by atoms with Gasteiger partial charge in [0.05, 0.1) is 30.6 Å². The molecule has 1 aliphatic rings. The zero-order valence-electron chi connectivity index (χ0n) is 17.8. The van der Waals surface area contributed by atoms with Crippen LogP contribution in [-0.4, -0.2) is 28.9 Å². The maximum Gasteiger partial charge on any atom is 0.407 e. The molecule has 2 aromatic heterocycles. The Morgan fingerprint density at radius 3 is 2.66 bits per heavy atom. The van der Waals surface area contributed by atoms with E-state index in [1.807, 2.05) is 39.8 Å². The van der Waals surface area contributed by atoms with Crippen molar-refractivity contribution in [2.75, 3.05) is 6.61 Å². The number of carbonyl (C=O) groups excluding carboxylic acids is 1. The summed E-state index contributed by atoms with van der Waals surface area (Å²) in [4.78, 5) is 16.5. The maximum atomic E-state index is 11.9. The minimum Gasteiger partial charge on any atom is -0.489 e. The van der Waals surface area contributed by atoms with Gasteiger partial charge < -0.3 is 19.3 Å². The van der Waals surface area contributed by atoms with Crippen LogP contribution in [0.15, 0.2) is 16.7 Å². The van der Waals surface area contributed by atoms with Crippen molar-refractivity contribution in [1.29, 1.82) is 0 Å². The van der Waals surface area contributed by atoms with E-state index in [2.05, 4.69) is 15.5 Å². The quantitative estimate of drug-likeness (QED) is 0.707. The highest BCUT2D eigenvalue weighted by Crippen LogP contribution is 2.29. The number of alkyl carbamates (subject to hydrolysis) is 1. The molecule has 29 heavy (non-hydrogen) atoms. The number of rotatable bonds is 7. The third-order valence-electron chi connectivity index (χ3n) is 5.06. The molecule has 1 N–H and O–H groups in total. The zero-order valence-corrected chi connectivity index (χ0v) is 17.8. The molecule has 7 nitrogen and oxygen atoms in total. The van der Waals surface area contributed by atoms with E-state index in [-0.39, 0.29) is 18.6 Å². The molecule has 0 bridgehead atoms. The van der Waals surface area contributed by atoms with Crippen LogP contribution in [0.4, 0.5) is 4.79 Å². The molecule has 158 valence electrons. The van der Waals surface area contributed by atoms with E-state index in [4.69, 9.17) is 14.0 Å². The summed E-state index contributed by atoms with van der Waals surface area (Å²) in [5.74, 6) is 1.66. The molecular weight excluding hydrogens is 370 g/mol. The molecule has 7 heteroatoms. The number of carbonyl (C=O) groups is 1. The van der Waals surface area contributed by atoms with Crippen molar-refractivity contribution in [2.24, 2.45) is 5.92 Å². The molecule has 0 spiro atoms. The van der Waals surface area contributed by atoms with Crippen molar-refractivity contribution in [1.82, 2.24) is 15.5 Å². The molecule has 0 atom stereocenters. The number of hydrogen-bond donors (Lipinski definition) is 1. The van der Waals surface area contributed by atoms with Crippen molar-refractivity contribution in [2.45, 2.75) is 72.4 Å². The molecule has 0 unspecified atom stereocenters. The van der Waals surface area contributed by atoms with Crippen LogP contribution in [-0.2, 0) is 11.3 Å². The molecule has 3 rings (SSSR count). The van der Waals surface area contributed by atoms with E-state index in [0.717, 1.165) is 29.8 Å². The minimum atomic E-state index is -0.453. The van der Waals surface area contributed by atoms with Crippen LogP contribution < -0.4 is 10.1 Å². The minimum absolute atomic E-state index is 0.267. The molecule has 1 aliphatic carbocycles. The molecule has 1 fully saturated rings. The van der Waals surface area contributed by atoms with Crippen molar-refractivity contribution in [3.05, 3.63) is 29.1 Å². The maximum absolute atomic E-state index is 11.9. The molecule has 0 aromatic carbocycles. The summed E-state index contributed by atoms with van der Waals surface area (Å²) in [6.07, 6.45) is 5.77. The largest absolute Gasteiger partial charge is 0.489 e. The number of ether oxygens (including phenoxy) is 2. The van der Waals surface area contributed by atoms with Crippen LogP contribution in [0.2, 0.25) is 0 Å². The Hall–Kier alpha value is -2.57. The summed E-state index contributed by atoms with van der Waals surface area (Å²) in [5, 5.41) is 6.81. The summed E-state index contributed by atoms with van der Waals surface area (Å²) in [5.41, 5.74) is 2.99. The zero-order chi connectivity index (χ0) is 20.8. The average Bonchev–Trinajstić information content (AvgIpc) is 3.07. The highest BCUT2D eigenvalue weighted by Gasteiger charge is 2.20. The van der Waals surface area contributed by atoms with Gasteiger partial charge in [0.1, 0.15) is 11.4 Å². The second-order valence-corrected chi connectivity index (χ2v) is 8.08. The van der Waals surface area contributed by atoms with Gasteiger partial charge in [-0.25, -0.2) is 9.78 Å². The SMILES string of the molecule is Cc1nc(-c2onc(C)c2CNC(=O)OCC(C)C)ccc1OC1CCCCC1. The van der Waals surface area contributed by atoms with E-state index < -0.39 is 6.09 Å². The first kappa shape index (κ1) is 21.1. The molecule has 1 saturated carbocycles. The van der Waals surface area contributed by atoms with Crippen molar-refractivity contribution >= 4 is 6.09 Å². The van der Waals surface area contributed by atoms with E-state index >= 15 is 0 Å². The van der Waals surface area contributed by atoms with Gasteiger partial charge in [-0.2, -0.15) is 0 Å². The number of amides is 1. The van der Waals surface area contributed by atoms with Gasteiger partial charge in [-0.05, 0) is 57.6 Å². The number of nitrogens with zero attached hydrogens (tertiary/aromatic N) is 2. The highest BCUT2D eigenvalue weighted by molar-refractivity contribution is 5.68. The fraction of sp³-hybridized carbons (Fsp3) is 0.591. The molecule has 0 radical (unpaired) electrons. The van der Waals surface area contributed by atoms with Gasteiger partial charge in [-0.3, -0.25) is 0 Å². The molecule has 0 aliphatic heterocycles. The number of aryl methyl sites for hydroxylation is 2. The van der Waals surface area contributed by atoms with E-state index in [1.165, 1.54) is 19.3 Å². The van der Waals surface area contributed by atoms with E-state index in [0.29, 0.717) is 23.8 Å². The van der Waals surface area contributed by atoms with Crippen molar-refractivity contribution in [3.63, 3.8) is 0 Å². The van der Waals surface area contributed by atoms with Gasteiger partial charge in [-0.15, -0.1) is 0 Å².